The highest BCUT2D eigenvalue weighted by Gasteiger charge is 2.18. The average molecular weight is 531 g/mol. The molecule has 2 rings (SSSR count). The smallest absolute Gasteiger partial charge is 0.335 e. The minimum atomic E-state index is -0.856. The number of aliphatic hydroxyl groups is 2. The molecule has 0 radical (unpaired) electrons. The van der Waals surface area contributed by atoms with Crippen LogP contribution < -0.4 is 0 Å². The number of hydrogen-bond donors (Lipinski definition) is 4. The van der Waals surface area contributed by atoms with Gasteiger partial charge >= 0.3 is 11.9 Å². The summed E-state index contributed by atoms with van der Waals surface area (Å²) in [4.78, 5) is 21.1. The van der Waals surface area contributed by atoms with Gasteiger partial charge in [0.05, 0.1) is 23.3 Å². The SMILES string of the molecule is CCC(O)C(C)C(O)CC.CCCCCc1ccc(C(=O)O)cc1.CCCCCc1ccc(C(=O)O)cc1. The van der Waals surface area contributed by atoms with Gasteiger partial charge in [-0.05, 0) is 73.9 Å². The van der Waals surface area contributed by atoms with Crippen LogP contribution in [0.2, 0.25) is 0 Å². The summed E-state index contributed by atoms with van der Waals surface area (Å²) in [6.07, 6.45) is 10.1. The number of benzene rings is 2. The van der Waals surface area contributed by atoms with E-state index in [0.29, 0.717) is 11.1 Å². The van der Waals surface area contributed by atoms with E-state index in [9.17, 15) is 19.8 Å². The minimum absolute atomic E-state index is 0.00926. The topological polar surface area (TPSA) is 115 Å². The van der Waals surface area contributed by atoms with E-state index >= 15 is 0 Å². The maximum Gasteiger partial charge on any atom is 0.335 e. The molecule has 2 unspecified atom stereocenters. The molecule has 0 aliphatic heterocycles. The maximum atomic E-state index is 10.6. The van der Waals surface area contributed by atoms with Gasteiger partial charge in [0.1, 0.15) is 0 Å². The van der Waals surface area contributed by atoms with Crippen molar-refractivity contribution in [1.82, 2.24) is 0 Å². The van der Waals surface area contributed by atoms with Crippen LogP contribution in [0.4, 0.5) is 0 Å². The molecule has 0 aromatic heterocycles. The molecule has 2 aromatic rings. The van der Waals surface area contributed by atoms with E-state index in [0.717, 1.165) is 25.7 Å². The first-order chi connectivity index (χ1) is 18.1. The molecule has 6 heteroatoms. The predicted molar refractivity (Wildman–Crippen MR) is 155 cm³/mol. The van der Waals surface area contributed by atoms with Crippen LogP contribution in [0.5, 0.6) is 0 Å². The van der Waals surface area contributed by atoms with Crippen LogP contribution in [0.3, 0.4) is 0 Å². The number of carbonyl (C=O) groups is 2. The van der Waals surface area contributed by atoms with Crippen molar-refractivity contribution >= 4 is 11.9 Å². The fourth-order valence-corrected chi connectivity index (χ4v) is 3.79. The Kier molecular flexibility index (Phi) is 19.7. The summed E-state index contributed by atoms with van der Waals surface area (Å²) in [7, 11) is 0. The molecular weight excluding hydrogens is 480 g/mol. The van der Waals surface area contributed by atoms with Crippen molar-refractivity contribution in [3.8, 4) is 0 Å². The van der Waals surface area contributed by atoms with Crippen LogP contribution in [-0.4, -0.2) is 44.6 Å². The van der Waals surface area contributed by atoms with E-state index < -0.39 is 11.9 Å². The minimum Gasteiger partial charge on any atom is -0.478 e. The Morgan fingerprint density at radius 1 is 0.605 bits per heavy atom. The first-order valence-electron chi connectivity index (χ1n) is 14.1. The average Bonchev–Trinajstić information content (AvgIpc) is 2.93. The van der Waals surface area contributed by atoms with E-state index in [1.165, 1.54) is 49.7 Å². The second-order valence-electron chi connectivity index (χ2n) is 9.73. The van der Waals surface area contributed by atoms with Crippen LogP contribution in [0.15, 0.2) is 48.5 Å². The van der Waals surface area contributed by atoms with E-state index in [1.54, 1.807) is 24.3 Å². The molecule has 0 amide bonds. The molecule has 0 fully saturated rings. The molecule has 214 valence electrons. The van der Waals surface area contributed by atoms with Gasteiger partial charge in [-0.25, -0.2) is 9.59 Å². The number of aryl methyl sites for hydroxylation is 2. The number of aromatic carboxylic acids is 2. The van der Waals surface area contributed by atoms with Gasteiger partial charge in [0, 0.05) is 5.92 Å². The molecule has 0 saturated carbocycles. The molecule has 2 aromatic carbocycles. The summed E-state index contributed by atoms with van der Waals surface area (Å²) >= 11 is 0. The van der Waals surface area contributed by atoms with Crippen molar-refractivity contribution in [3.63, 3.8) is 0 Å². The number of carboxylic acids is 2. The Morgan fingerprint density at radius 2 is 0.921 bits per heavy atom. The molecule has 0 heterocycles. The Balaban J connectivity index is 0.000000551. The molecule has 6 nitrogen and oxygen atoms in total. The van der Waals surface area contributed by atoms with Crippen molar-refractivity contribution in [2.24, 2.45) is 5.92 Å². The first kappa shape index (κ1) is 35.3. The number of aliphatic hydroxyl groups excluding tert-OH is 2. The molecule has 38 heavy (non-hydrogen) atoms. The molecule has 0 saturated heterocycles. The summed E-state index contributed by atoms with van der Waals surface area (Å²) in [5, 5.41) is 35.9. The molecular formula is C32H50O6. The van der Waals surface area contributed by atoms with Crippen molar-refractivity contribution in [2.45, 2.75) is 111 Å². The van der Waals surface area contributed by atoms with Gasteiger partial charge in [-0.1, -0.05) is 84.6 Å². The Morgan fingerprint density at radius 3 is 1.16 bits per heavy atom. The third kappa shape index (κ3) is 15.5. The summed E-state index contributed by atoms with van der Waals surface area (Å²) in [6, 6.07) is 14.3. The number of rotatable bonds is 14. The Bertz CT molecular complexity index is 802. The fraction of sp³-hybridized carbons (Fsp3) is 0.562. The standard InChI is InChI=1S/2C12H16O2.C8H18O2/c2*1-2-3-4-5-10-6-8-11(9-7-10)12(13)14;1-4-7(9)6(3)8(10)5-2/h2*6-9H,2-5H2,1H3,(H,13,14);6-10H,4-5H2,1-3H3. The predicted octanol–water partition coefficient (Wildman–Crippen LogP) is 7.40. The van der Waals surface area contributed by atoms with E-state index in [2.05, 4.69) is 13.8 Å². The molecule has 0 aliphatic rings. The van der Waals surface area contributed by atoms with Crippen LogP contribution in [-0.2, 0) is 12.8 Å². The lowest BCUT2D eigenvalue weighted by Gasteiger charge is -2.21. The highest BCUT2D eigenvalue weighted by Crippen LogP contribution is 2.13. The van der Waals surface area contributed by atoms with Crippen LogP contribution >= 0.6 is 0 Å². The zero-order valence-corrected chi connectivity index (χ0v) is 24.0. The van der Waals surface area contributed by atoms with Crippen molar-refractivity contribution < 1.29 is 30.0 Å². The number of unbranched alkanes of at least 4 members (excludes halogenated alkanes) is 4. The van der Waals surface area contributed by atoms with E-state index in [-0.39, 0.29) is 18.1 Å². The van der Waals surface area contributed by atoms with Crippen LogP contribution in [0.1, 0.15) is 118 Å². The van der Waals surface area contributed by atoms with Gasteiger partial charge in [0.2, 0.25) is 0 Å². The molecule has 0 bridgehead atoms. The lowest BCUT2D eigenvalue weighted by molar-refractivity contribution is 0.0186. The Labute approximate surface area is 229 Å². The molecule has 4 N–H and O–H groups in total. The molecule has 0 spiro atoms. The maximum absolute atomic E-state index is 10.6. The van der Waals surface area contributed by atoms with Gasteiger partial charge in [0.25, 0.3) is 0 Å². The van der Waals surface area contributed by atoms with Gasteiger partial charge in [-0.15, -0.1) is 0 Å². The number of hydrogen-bond acceptors (Lipinski definition) is 4. The van der Waals surface area contributed by atoms with Gasteiger partial charge in [-0.3, -0.25) is 0 Å². The van der Waals surface area contributed by atoms with Gasteiger partial charge in [-0.2, -0.15) is 0 Å². The zero-order valence-electron chi connectivity index (χ0n) is 24.0. The zero-order chi connectivity index (χ0) is 28.9. The van der Waals surface area contributed by atoms with Crippen molar-refractivity contribution in [3.05, 3.63) is 70.8 Å². The highest BCUT2D eigenvalue weighted by atomic mass is 16.4. The largest absolute Gasteiger partial charge is 0.478 e. The summed E-state index contributed by atoms with van der Waals surface area (Å²) in [5.41, 5.74) is 3.18. The second-order valence-corrected chi connectivity index (χ2v) is 9.73. The summed E-state index contributed by atoms with van der Waals surface area (Å²) < 4.78 is 0. The number of carboxylic acid groups (broad SMARTS) is 2. The first-order valence-corrected chi connectivity index (χ1v) is 14.1. The van der Waals surface area contributed by atoms with Gasteiger partial charge in [0.15, 0.2) is 0 Å². The second kappa shape index (κ2) is 21.3. The lowest BCUT2D eigenvalue weighted by Crippen LogP contribution is -2.28. The summed E-state index contributed by atoms with van der Waals surface area (Å²) in [5.74, 6) is -1.70. The third-order valence-electron chi connectivity index (χ3n) is 6.59. The van der Waals surface area contributed by atoms with E-state index in [1.807, 2.05) is 45.0 Å². The monoisotopic (exact) mass is 530 g/mol. The van der Waals surface area contributed by atoms with Crippen molar-refractivity contribution in [2.75, 3.05) is 0 Å². The Hall–Kier alpha value is -2.70. The normalized spacial score (nSPS) is 12.7. The molecule has 2 atom stereocenters. The van der Waals surface area contributed by atoms with Gasteiger partial charge < -0.3 is 20.4 Å². The molecule has 0 aliphatic carbocycles. The van der Waals surface area contributed by atoms with Crippen LogP contribution in [0.25, 0.3) is 0 Å². The van der Waals surface area contributed by atoms with E-state index in [4.69, 9.17) is 10.2 Å². The third-order valence-corrected chi connectivity index (χ3v) is 6.59. The van der Waals surface area contributed by atoms with Crippen LogP contribution in [0, 0.1) is 5.92 Å². The highest BCUT2D eigenvalue weighted by molar-refractivity contribution is 5.87. The summed E-state index contributed by atoms with van der Waals surface area (Å²) in [6.45, 7) is 10.1. The lowest BCUT2D eigenvalue weighted by atomic mass is 9.95. The quantitative estimate of drug-likeness (QED) is 0.189. The fourth-order valence-electron chi connectivity index (χ4n) is 3.79. The van der Waals surface area contributed by atoms with Crippen molar-refractivity contribution in [1.29, 1.82) is 0 Å².